The molecule has 1 atom stereocenters. The van der Waals surface area contributed by atoms with E-state index in [0.717, 1.165) is 48.1 Å². The fraction of sp³-hybridized carbons (Fsp3) is 0.240. The van der Waals surface area contributed by atoms with Crippen molar-refractivity contribution in [2.75, 3.05) is 0 Å². The number of nitrogens with one attached hydrogen (secondary N) is 2. The highest BCUT2D eigenvalue weighted by Crippen LogP contribution is 2.32. The zero-order valence-electron chi connectivity index (χ0n) is 17.9. The van der Waals surface area contributed by atoms with Gasteiger partial charge in [-0.25, -0.2) is 13.1 Å². The third kappa shape index (κ3) is 5.57. The van der Waals surface area contributed by atoms with E-state index in [9.17, 15) is 8.42 Å². The first-order valence-corrected chi connectivity index (χ1v) is 12.6. The molecule has 0 unspecified atom stereocenters. The van der Waals surface area contributed by atoms with Crippen LogP contribution in [0.5, 0.6) is 0 Å². The maximum Gasteiger partial charge on any atom is 0.234 e. The summed E-state index contributed by atoms with van der Waals surface area (Å²) in [6, 6.07) is 16.9. The van der Waals surface area contributed by atoms with Crippen molar-refractivity contribution < 1.29 is 8.42 Å². The Morgan fingerprint density at radius 1 is 1.06 bits per heavy atom. The Kier molecular flexibility index (Phi) is 6.94. The lowest BCUT2D eigenvalue weighted by Gasteiger charge is -2.12. The molecular weight excluding hydrogens is 442 g/mol. The summed E-state index contributed by atoms with van der Waals surface area (Å²) >= 11 is 6.00. The van der Waals surface area contributed by atoms with Crippen LogP contribution in [-0.2, 0) is 16.4 Å². The monoisotopic (exact) mass is 467 g/mol. The number of aromatic nitrogens is 2. The number of hydrogen-bond acceptors (Lipinski definition) is 3. The second-order valence-corrected chi connectivity index (χ2v) is 10.0. The SMILES string of the molecule is C[C@@H](NS(=O)(=O)/C=C/c1n[nH]c2c1CCCC/C2=C\c1ccc(Cl)cc1)c1ccccc1. The Bertz CT molecular complexity index is 1230. The molecular formula is C25H26ClN3O2S. The summed E-state index contributed by atoms with van der Waals surface area (Å²) in [6.07, 6.45) is 7.63. The lowest BCUT2D eigenvalue weighted by atomic mass is 10.0. The molecule has 0 amide bonds. The fourth-order valence-corrected chi connectivity index (χ4v) is 5.07. The van der Waals surface area contributed by atoms with Crippen molar-refractivity contribution in [3.8, 4) is 0 Å². The standard InChI is InChI=1S/C25H26ClN3O2S/c1-18(20-7-3-2-4-8-20)29-32(30,31)16-15-24-23-10-6-5-9-21(25(23)28-27-24)17-19-11-13-22(26)14-12-19/h2-4,7-8,11-18,29H,5-6,9-10H2,1H3,(H,27,28)/b16-15+,21-17+/t18-/m1/s1. The first kappa shape index (κ1) is 22.5. The Balaban J connectivity index is 1.56. The molecule has 1 aliphatic rings. The molecule has 0 saturated heterocycles. The van der Waals surface area contributed by atoms with Crippen LogP contribution >= 0.6 is 11.6 Å². The number of nitrogens with zero attached hydrogens (tertiary/aromatic N) is 1. The van der Waals surface area contributed by atoms with Gasteiger partial charge >= 0.3 is 0 Å². The third-order valence-corrected chi connectivity index (χ3v) is 7.03. The van der Waals surface area contributed by atoms with E-state index >= 15 is 0 Å². The summed E-state index contributed by atoms with van der Waals surface area (Å²) in [5, 5.41) is 9.47. The van der Waals surface area contributed by atoms with Crippen LogP contribution in [0, 0.1) is 0 Å². The summed E-state index contributed by atoms with van der Waals surface area (Å²) < 4.78 is 27.9. The van der Waals surface area contributed by atoms with Gasteiger partial charge in [0, 0.05) is 22.0 Å². The topological polar surface area (TPSA) is 74.8 Å². The van der Waals surface area contributed by atoms with Gasteiger partial charge in [0.1, 0.15) is 0 Å². The summed E-state index contributed by atoms with van der Waals surface area (Å²) in [4.78, 5) is 0. The maximum absolute atomic E-state index is 12.6. The van der Waals surface area contributed by atoms with Gasteiger partial charge in [0.2, 0.25) is 10.0 Å². The molecule has 0 fully saturated rings. The first-order chi connectivity index (χ1) is 15.4. The quantitative estimate of drug-likeness (QED) is 0.438. The normalized spacial score (nSPS) is 16.8. The Labute approximate surface area is 194 Å². The van der Waals surface area contributed by atoms with E-state index in [4.69, 9.17) is 11.6 Å². The van der Waals surface area contributed by atoms with Crippen molar-refractivity contribution in [2.45, 2.75) is 38.6 Å². The number of hydrogen-bond donors (Lipinski definition) is 2. The van der Waals surface area contributed by atoms with E-state index in [1.165, 1.54) is 11.0 Å². The van der Waals surface area contributed by atoms with Gasteiger partial charge < -0.3 is 0 Å². The Morgan fingerprint density at radius 2 is 1.78 bits per heavy atom. The lowest BCUT2D eigenvalue weighted by Crippen LogP contribution is -2.24. The van der Waals surface area contributed by atoms with Crippen molar-refractivity contribution >= 4 is 39.3 Å². The number of rotatable bonds is 6. The minimum Gasteiger partial charge on any atom is -0.277 e. The second kappa shape index (κ2) is 9.86. The lowest BCUT2D eigenvalue weighted by molar-refractivity contribution is 0.576. The van der Waals surface area contributed by atoms with Gasteiger partial charge in [0.15, 0.2) is 0 Å². The van der Waals surface area contributed by atoms with Gasteiger partial charge in [0.05, 0.1) is 11.4 Å². The number of halogens is 1. The van der Waals surface area contributed by atoms with Crippen molar-refractivity contribution in [3.05, 3.63) is 93.1 Å². The largest absolute Gasteiger partial charge is 0.277 e. The van der Waals surface area contributed by atoms with E-state index in [1.54, 1.807) is 6.08 Å². The highest BCUT2D eigenvalue weighted by molar-refractivity contribution is 7.92. The molecule has 4 rings (SSSR count). The maximum atomic E-state index is 12.6. The van der Waals surface area contributed by atoms with Gasteiger partial charge in [-0.3, -0.25) is 5.10 Å². The Hall–Kier alpha value is -2.67. The summed E-state index contributed by atoms with van der Waals surface area (Å²) in [6.45, 7) is 1.83. The van der Waals surface area contributed by atoms with E-state index < -0.39 is 10.0 Å². The molecule has 1 heterocycles. The van der Waals surface area contributed by atoms with Crippen LogP contribution in [0.3, 0.4) is 0 Å². The minimum atomic E-state index is -3.62. The van der Waals surface area contributed by atoms with Crippen LogP contribution in [0.1, 0.15) is 60.3 Å². The van der Waals surface area contributed by atoms with Gasteiger partial charge in [-0.15, -0.1) is 0 Å². The third-order valence-electron chi connectivity index (χ3n) is 5.60. The van der Waals surface area contributed by atoms with Crippen molar-refractivity contribution in [2.24, 2.45) is 0 Å². The molecule has 2 N–H and O–H groups in total. The first-order valence-electron chi connectivity index (χ1n) is 10.7. The van der Waals surface area contributed by atoms with E-state index in [-0.39, 0.29) is 6.04 Å². The second-order valence-electron chi connectivity index (χ2n) is 7.99. The smallest absolute Gasteiger partial charge is 0.234 e. The molecule has 0 radical (unpaired) electrons. The molecule has 0 aliphatic heterocycles. The van der Waals surface area contributed by atoms with Crippen LogP contribution in [0.15, 0.2) is 60.0 Å². The van der Waals surface area contributed by atoms with Crippen molar-refractivity contribution in [1.29, 1.82) is 0 Å². The predicted molar refractivity (Wildman–Crippen MR) is 131 cm³/mol. The van der Waals surface area contributed by atoms with Crippen molar-refractivity contribution in [3.63, 3.8) is 0 Å². The van der Waals surface area contributed by atoms with Crippen LogP contribution in [0.25, 0.3) is 17.7 Å². The molecule has 7 heteroatoms. The van der Waals surface area contributed by atoms with Crippen molar-refractivity contribution in [1.82, 2.24) is 14.9 Å². The molecule has 5 nitrogen and oxygen atoms in total. The van der Waals surface area contributed by atoms with E-state index in [2.05, 4.69) is 21.0 Å². The highest BCUT2D eigenvalue weighted by atomic mass is 35.5. The van der Waals surface area contributed by atoms with Gasteiger partial charge in [-0.1, -0.05) is 54.1 Å². The van der Waals surface area contributed by atoms with Gasteiger partial charge in [0.25, 0.3) is 0 Å². The molecule has 0 bridgehead atoms. The number of H-pyrrole nitrogens is 1. The molecule has 1 aliphatic carbocycles. The average Bonchev–Trinajstić information content (AvgIpc) is 3.08. The summed E-state index contributed by atoms with van der Waals surface area (Å²) in [7, 11) is -3.62. The Morgan fingerprint density at radius 3 is 2.53 bits per heavy atom. The van der Waals surface area contributed by atoms with Gasteiger partial charge in [-0.2, -0.15) is 5.10 Å². The zero-order valence-corrected chi connectivity index (χ0v) is 19.5. The fourth-order valence-electron chi connectivity index (χ4n) is 3.93. The molecule has 166 valence electrons. The van der Waals surface area contributed by atoms with E-state index in [1.807, 2.05) is 61.5 Å². The molecule has 0 spiro atoms. The van der Waals surface area contributed by atoms with Crippen LogP contribution in [-0.4, -0.2) is 18.6 Å². The van der Waals surface area contributed by atoms with Crippen LogP contribution in [0.4, 0.5) is 0 Å². The van der Waals surface area contributed by atoms with Crippen LogP contribution < -0.4 is 4.72 Å². The number of aromatic amines is 1. The summed E-state index contributed by atoms with van der Waals surface area (Å²) in [5.41, 5.74) is 5.87. The highest BCUT2D eigenvalue weighted by Gasteiger charge is 2.19. The molecule has 0 saturated carbocycles. The van der Waals surface area contributed by atoms with E-state index in [0.29, 0.717) is 10.7 Å². The number of fused-ring (bicyclic) bond motifs is 1. The zero-order chi connectivity index (χ0) is 22.6. The summed E-state index contributed by atoms with van der Waals surface area (Å²) in [5.74, 6) is 0. The number of allylic oxidation sites excluding steroid dienone is 1. The van der Waals surface area contributed by atoms with Gasteiger partial charge in [-0.05, 0) is 73.6 Å². The number of sulfonamides is 1. The van der Waals surface area contributed by atoms with Crippen LogP contribution in [0.2, 0.25) is 5.02 Å². The molecule has 1 aromatic heterocycles. The molecule has 32 heavy (non-hydrogen) atoms. The predicted octanol–water partition coefficient (Wildman–Crippen LogP) is 5.98. The molecule has 3 aromatic rings. The number of benzene rings is 2. The minimum absolute atomic E-state index is 0.323. The molecule has 2 aromatic carbocycles. The average molecular weight is 468 g/mol.